The lowest BCUT2D eigenvalue weighted by molar-refractivity contribution is -0.117. The lowest BCUT2D eigenvalue weighted by atomic mass is 9.82. The first kappa shape index (κ1) is 13.7. The van der Waals surface area contributed by atoms with Crippen LogP contribution in [-0.2, 0) is 11.2 Å². The zero-order valence-electron chi connectivity index (χ0n) is 12.1. The van der Waals surface area contributed by atoms with E-state index in [0.717, 1.165) is 30.5 Å². The molecule has 3 nitrogen and oxygen atoms in total. The van der Waals surface area contributed by atoms with Gasteiger partial charge in [0, 0.05) is 0 Å². The molecule has 0 saturated carbocycles. The molecule has 2 aromatic rings. The van der Waals surface area contributed by atoms with Crippen LogP contribution < -0.4 is 10.1 Å². The highest BCUT2D eigenvalue weighted by Crippen LogP contribution is 2.33. The molecule has 1 amide bonds. The van der Waals surface area contributed by atoms with Crippen molar-refractivity contribution in [2.75, 3.05) is 12.4 Å². The number of para-hydroxylation sites is 2. The van der Waals surface area contributed by atoms with E-state index in [1.165, 1.54) is 5.56 Å². The summed E-state index contributed by atoms with van der Waals surface area (Å²) in [6.07, 6.45) is 3.02. The normalized spacial score (nSPS) is 16.9. The Hall–Kier alpha value is -2.29. The Labute approximate surface area is 124 Å². The predicted octanol–water partition coefficient (Wildman–Crippen LogP) is 3.75. The molecule has 2 aromatic carbocycles. The fraction of sp³-hybridized carbons (Fsp3) is 0.278. The Morgan fingerprint density at radius 2 is 1.90 bits per heavy atom. The Morgan fingerprint density at radius 1 is 1.14 bits per heavy atom. The van der Waals surface area contributed by atoms with E-state index in [-0.39, 0.29) is 11.8 Å². The standard InChI is InChI=1S/C18H19NO2/c1-21-17-12-5-4-11-16(17)19-18(20)15-10-6-8-13-7-2-3-9-14(13)15/h2-5,7,9,11-12,15H,6,8,10H2,1H3,(H,19,20)/t15-/m1/s1. The largest absolute Gasteiger partial charge is 0.495 e. The zero-order valence-corrected chi connectivity index (χ0v) is 12.1. The van der Waals surface area contributed by atoms with E-state index in [4.69, 9.17) is 4.74 Å². The summed E-state index contributed by atoms with van der Waals surface area (Å²) in [7, 11) is 1.61. The minimum atomic E-state index is -0.0696. The van der Waals surface area contributed by atoms with E-state index in [9.17, 15) is 4.79 Å². The van der Waals surface area contributed by atoms with Crippen molar-refractivity contribution >= 4 is 11.6 Å². The number of methoxy groups -OCH3 is 1. The van der Waals surface area contributed by atoms with Crippen LogP contribution in [0.4, 0.5) is 5.69 Å². The van der Waals surface area contributed by atoms with E-state index < -0.39 is 0 Å². The van der Waals surface area contributed by atoms with Crippen LogP contribution in [0, 0.1) is 0 Å². The Kier molecular flexibility index (Phi) is 3.91. The maximum Gasteiger partial charge on any atom is 0.232 e. The number of amides is 1. The van der Waals surface area contributed by atoms with E-state index in [2.05, 4.69) is 17.4 Å². The number of anilines is 1. The molecule has 0 radical (unpaired) electrons. The molecule has 0 bridgehead atoms. The van der Waals surface area contributed by atoms with Gasteiger partial charge in [-0.3, -0.25) is 4.79 Å². The highest BCUT2D eigenvalue weighted by Gasteiger charge is 2.26. The Morgan fingerprint density at radius 3 is 2.76 bits per heavy atom. The van der Waals surface area contributed by atoms with Crippen LogP contribution in [0.1, 0.15) is 29.9 Å². The number of aryl methyl sites for hydroxylation is 1. The van der Waals surface area contributed by atoms with Crippen LogP contribution in [0.15, 0.2) is 48.5 Å². The molecular weight excluding hydrogens is 262 g/mol. The molecule has 0 fully saturated rings. The topological polar surface area (TPSA) is 38.3 Å². The van der Waals surface area contributed by atoms with Gasteiger partial charge in [-0.2, -0.15) is 0 Å². The fourth-order valence-corrected chi connectivity index (χ4v) is 2.99. The first-order valence-corrected chi connectivity index (χ1v) is 7.31. The molecule has 0 unspecified atom stereocenters. The molecule has 21 heavy (non-hydrogen) atoms. The van der Waals surface area contributed by atoms with Gasteiger partial charge in [-0.15, -0.1) is 0 Å². The van der Waals surface area contributed by atoms with Crippen molar-refractivity contribution < 1.29 is 9.53 Å². The summed E-state index contributed by atoms with van der Waals surface area (Å²) in [5.74, 6) is 0.668. The highest BCUT2D eigenvalue weighted by molar-refractivity contribution is 5.97. The number of carbonyl (C=O) groups excluding carboxylic acids is 1. The number of nitrogens with one attached hydrogen (secondary N) is 1. The molecule has 1 aliphatic carbocycles. The molecule has 1 N–H and O–H groups in total. The number of hydrogen-bond donors (Lipinski definition) is 1. The van der Waals surface area contributed by atoms with Crippen LogP contribution in [-0.4, -0.2) is 13.0 Å². The molecule has 3 heteroatoms. The third-order valence-corrected chi connectivity index (χ3v) is 4.05. The zero-order chi connectivity index (χ0) is 14.7. The SMILES string of the molecule is COc1ccccc1NC(=O)[C@@H]1CCCc2ccccc21. The molecule has 3 rings (SSSR count). The summed E-state index contributed by atoms with van der Waals surface area (Å²) in [6, 6.07) is 15.7. The maximum atomic E-state index is 12.6. The van der Waals surface area contributed by atoms with Gasteiger partial charge in [0.2, 0.25) is 5.91 Å². The number of ether oxygens (including phenoxy) is 1. The predicted molar refractivity (Wildman–Crippen MR) is 83.7 cm³/mol. The molecule has 0 saturated heterocycles. The van der Waals surface area contributed by atoms with Gasteiger partial charge in [0.15, 0.2) is 0 Å². The van der Waals surface area contributed by atoms with Gasteiger partial charge in [0.1, 0.15) is 5.75 Å². The smallest absolute Gasteiger partial charge is 0.232 e. The third kappa shape index (κ3) is 2.77. The van der Waals surface area contributed by atoms with Crippen molar-refractivity contribution in [1.29, 1.82) is 0 Å². The molecule has 0 aliphatic heterocycles. The maximum absolute atomic E-state index is 12.6. The second-order valence-corrected chi connectivity index (χ2v) is 5.33. The van der Waals surface area contributed by atoms with Gasteiger partial charge in [0.25, 0.3) is 0 Å². The summed E-state index contributed by atoms with van der Waals surface area (Å²) in [5.41, 5.74) is 3.19. The highest BCUT2D eigenvalue weighted by atomic mass is 16.5. The van der Waals surface area contributed by atoms with E-state index in [0.29, 0.717) is 5.75 Å². The monoisotopic (exact) mass is 281 g/mol. The molecular formula is C18H19NO2. The first-order valence-electron chi connectivity index (χ1n) is 7.31. The summed E-state index contributed by atoms with van der Waals surface area (Å²) >= 11 is 0. The van der Waals surface area contributed by atoms with Crippen LogP contribution in [0.5, 0.6) is 5.75 Å². The second-order valence-electron chi connectivity index (χ2n) is 5.33. The average Bonchev–Trinajstić information content (AvgIpc) is 2.54. The van der Waals surface area contributed by atoms with Crippen molar-refractivity contribution in [3.05, 3.63) is 59.7 Å². The lowest BCUT2D eigenvalue weighted by Gasteiger charge is -2.25. The van der Waals surface area contributed by atoms with Crippen molar-refractivity contribution in [1.82, 2.24) is 0 Å². The fourth-order valence-electron chi connectivity index (χ4n) is 2.99. The van der Waals surface area contributed by atoms with Crippen LogP contribution in [0.2, 0.25) is 0 Å². The quantitative estimate of drug-likeness (QED) is 0.930. The van der Waals surface area contributed by atoms with Gasteiger partial charge < -0.3 is 10.1 Å². The third-order valence-electron chi connectivity index (χ3n) is 4.05. The number of rotatable bonds is 3. The average molecular weight is 281 g/mol. The summed E-state index contributed by atoms with van der Waals surface area (Å²) in [4.78, 5) is 12.6. The molecule has 108 valence electrons. The van der Waals surface area contributed by atoms with Crippen molar-refractivity contribution in [3.63, 3.8) is 0 Å². The van der Waals surface area contributed by atoms with E-state index >= 15 is 0 Å². The number of hydrogen-bond acceptors (Lipinski definition) is 2. The second kappa shape index (κ2) is 6.00. The first-order chi connectivity index (χ1) is 10.3. The van der Waals surface area contributed by atoms with Gasteiger partial charge >= 0.3 is 0 Å². The van der Waals surface area contributed by atoms with Crippen molar-refractivity contribution in [3.8, 4) is 5.75 Å². The van der Waals surface area contributed by atoms with Crippen LogP contribution in [0.3, 0.4) is 0 Å². The minimum Gasteiger partial charge on any atom is -0.495 e. The Bertz CT molecular complexity index is 651. The molecule has 0 spiro atoms. The van der Waals surface area contributed by atoms with Gasteiger partial charge in [-0.25, -0.2) is 0 Å². The van der Waals surface area contributed by atoms with Crippen LogP contribution in [0.25, 0.3) is 0 Å². The summed E-state index contributed by atoms with van der Waals surface area (Å²) in [5, 5.41) is 3.01. The minimum absolute atomic E-state index is 0.0478. The van der Waals surface area contributed by atoms with Crippen molar-refractivity contribution in [2.45, 2.75) is 25.2 Å². The number of carbonyl (C=O) groups is 1. The van der Waals surface area contributed by atoms with Gasteiger partial charge in [-0.1, -0.05) is 36.4 Å². The van der Waals surface area contributed by atoms with Gasteiger partial charge in [0.05, 0.1) is 18.7 Å². The molecule has 1 atom stereocenters. The lowest BCUT2D eigenvalue weighted by Crippen LogP contribution is -2.24. The number of fused-ring (bicyclic) bond motifs is 1. The van der Waals surface area contributed by atoms with E-state index in [1.807, 2.05) is 36.4 Å². The Balaban J connectivity index is 1.84. The molecule has 0 heterocycles. The molecule has 1 aliphatic rings. The van der Waals surface area contributed by atoms with Gasteiger partial charge in [-0.05, 0) is 42.5 Å². The summed E-state index contributed by atoms with van der Waals surface area (Å²) < 4.78 is 5.29. The van der Waals surface area contributed by atoms with Crippen molar-refractivity contribution in [2.24, 2.45) is 0 Å². The van der Waals surface area contributed by atoms with E-state index in [1.54, 1.807) is 7.11 Å². The number of benzene rings is 2. The molecule has 0 aromatic heterocycles. The van der Waals surface area contributed by atoms with Crippen LogP contribution >= 0.6 is 0 Å². The summed E-state index contributed by atoms with van der Waals surface area (Å²) in [6.45, 7) is 0.